The number of likely N-dealkylation sites (tertiary alicyclic amines) is 1. The van der Waals surface area contributed by atoms with Crippen molar-refractivity contribution in [3.8, 4) is 0 Å². The zero-order valence-electron chi connectivity index (χ0n) is 12.9. The summed E-state index contributed by atoms with van der Waals surface area (Å²) in [6, 6.07) is 0.441. The number of nitrogens with zero attached hydrogens (tertiary/aromatic N) is 3. The maximum absolute atomic E-state index is 12.8. The van der Waals surface area contributed by atoms with Crippen molar-refractivity contribution in [2.75, 3.05) is 19.6 Å². The van der Waals surface area contributed by atoms with Crippen molar-refractivity contribution in [1.82, 2.24) is 20.0 Å². The number of hydrogen-bond acceptors (Lipinski definition) is 3. The molecule has 124 valence electrons. The number of amides is 1. The second-order valence-corrected chi connectivity index (χ2v) is 6.02. The lowest BCUT2D eigenvalue weighted by atomic mass is 10.1. The van der Waals surface area contributed by atoms with Crippen molar-refractivity contribution < 1.29 is 18.0 Å². The molecule has 0 unspecified atom stereocenters. The Labute approximate surface area is 127 Å². The van der Waals surface area contributed by atoms with Gasteiger partial charge in [0.25, 0.3) is 5.91 Å². The normalized spacial score (nSPS) is 19.9. The average molecular weight is 318 g/mol. The third-order valence-corrected chi connectivity index (χ3v) is 3.94. The van der Waals surface area contributed by atoms with Gasteiger partial charge in [0.1, 0.15) is 0 Å². The molecule has 0 aliphatic carbocycles. The molecule has 1 fully saturated rings. The zero-order valence-corrected chi connectivity index (χ0v) is 12.9. The maximum Gasteiger partial charge on any atom is 0.435 e. The molecule has 1 atom stereocenters. The van der Waals surface area contributed by atoms with Gasteiger partial charge in [-0.1, -0.05) is 0 Å². The van der Waals surface area contributed by atoms with Gasteiger partial charge in [0.05, 0.1) is 5.56 Å². The van der Waals surface area contributed by atoms with Gasteiger partial charge >= 0.3 is 6.18 Å². The van der Waals surface area contributed by atoms with Gasteiger partial charge in [0.15, 0.2) is 5.69 Å². The highest BCUT2D eigenvalue weighted by molar-refractivity contribution is 5.95. The van der Waals surface area contributed by atoms with Gasteiger partial charge < -0.3 is 10.2 Å². The fourth-order valence-electron chi connectivity index (χ4n) is 2.69. The van der Waals surface area contributed by atoms with E-state index in [0.717, 1.165) is 30.4 Å². The first-order valence-electron chi connectivity index (χ1n) is 7.31. The fraction of sp³-hybridized carbons (Fsp3) is 0.714. The molecule has 1 aliphatic rings. The number of aryl methyl sites for hydroxylation is 1. The molecule has 1 aromatic rings. The maximum atomic E-state index is 12.8. The number of hydrogen-bond donors (Lipinski definition) is 1. The lowest BCUT2D eigenvalue weighted by molar-refractivity contribution is -0.141. The van der Waals surface area contributed by atoms with Crippen LogP contribution in [0.5, 0.6) is 0 Å². The minimum Gasteiger partial charge on any atom is -0.352 e. The largest absolute Gasteiger partial charge is 0.435 e. The lowest BCUT2D eigenvalue weighted by Crippen LogP contribution is -2.33. The van der Waals surface area contributed by atoms with E-state index in [0.29, 0.717) is 12.6 Å². The predicted octanol–water partition coefficient (Wildman–Crippen LogP) is 1.90. The number of carbonyl (C=O) groups excluding carboxylic acids is 1. The molecular formula is C14H21F3N4O. The van der Waals surface area contributed by atoms with Gasteiger partial charge in [-0.05, 0) is 32.7 Å². The van der Waals surface area contributed by atoms with Gasteiger partial charge in [-0.25, -0.2) is 0 Å². The summed E-state index contributed by atoms with van der Waals surface area (Å²) in [6.07, 6.45) is -2.58. The van der Waals surface area contributed by atoms with E-state index in [1.807, 2.05) is 0 Å². The van der Waals surface area contributed by atoms with Crippen molar-refractivity contribution in [1.29, 1.82) is 0 Å². The first-order chi connectivity index (χ1) is 10.2. The number of nitrogens with one attached hydrogen (secondary N) is 1. The molecule has 0 radical (unpaired) electrons. The highest BCUT2D eigenvalue weighted by Gasteiger charge is 2.39. The minimum absolute atomic E-state index is 0.275. The van der Waals surface area contributed by atoms with Crippen LogP contribution in [0.4, 0.5) is 13.2 Å². The summed E-state index contributed by atoms with van der Waals surface area (Å²) in [4.78, 5) is 14.3. The first-order valence-corrected chi connectivity index (χ1v) is 7.31. The van der Waals surface area contributed by atoms with E-state index in [-0.39, 0.29) is 5.92 Å². The highest BCUT2D eigenvalue weighted by Crippen LogP contribution is 2.30. The molecule has 1 amide bonds. The number of alkyl halides is 3. The minimum atomic E-state index is -4.63. The number of rotatable bonds is 4. The molecule has 1 N–H and O–H groups in total. The molecule has 1 aliphatic heterocycles. The number of carbonyl (C=O) groups is 1. The number of aromatic nitrogens is 2. The number of halogens is 3. The van der Waals surface area contributed by atoms with Crippen molar-refractivity contribution in [2.45, 2.75) is 32.5 Å². The van der Waals surface area contributed by atoms with E-state index >= 15 is 0 Å². The van der Waals surface area contributed by atoms with E-state index in [4.69, 9.17) is 0 Å². The van der Waals surface area contributed by atoms with E-state index in [1.165, 1.54) is 7.05 Å². The Hall–Kier alpha value is -1.57. The van der Waals surface area contributed by atoms with Gasteiger partial charge in [0, 0.05) is 32.4 Å². The van der Waals surface area contributed by atoms with Gasteiger partial charge in [0.2, 0.25) is 0 Å². The van der Waals surface area contributed by atoms with Gasteiger partial charge in [-0.2, -0.15) is 18.3 Å². The highest BCUT2D eigenvalue weighted by atomic mass is 19.4. The summed E-state index contributed by atoms with van der Waals surface area (Å²) in [6.45, 7) is 6.41. The molecule has 2 heterocycles. The Bertz CT molecular complexity index is 539. The Morgan fingerprint density at radius 2 is 2.18 bits per heavy atom. The zero-order chi connectivity index (χ0) is 16.5. The molecule has 0 spiro atoms. The predicted molar refractivity (Wildman–Crippen MR) is 75.4 cm³/mol. The van der Waals surface area contributed by atoms with Crippen molar-refractivity contribution in [2.24, 2.45) is 13.0 Å². The summed E-state index contributed by atoms with van der Waals surface area (Å²) in [5.74, 6) is -0.444. The van der Waals surface area contributed by atoms with E-state index in [9.17, 15) is 18.0 Å². The molecule has 2 rings (SSSR count). The monoisotopic (exact) mass is 318 g/mol. The molecule has 22 heavy (non-hydrogen) atoms. The second-order valence-electron chi connectivity index (χ2n) is 6.02. The third kappa shape index (κ3) is 3.79. The Morgan fingerprint density at radius 1 is 1.50 bits per heavy atom. The fourth-order valence-corrected chi connectivity index (χ4v) is 2.69. The van der Waals surface area contributed by atoms with E-state index in [1.54, 1.807) is 0 Å². The lowest BCUT2D eigenvalue weighted by Gasteiger charge is -2.20. The smallest absolute Gasteiger partial charge is 0.352 e. The molecule has 8 heteroatoms. The Balaban J connectivity index is 1.96. The van der Waals surface area contributed by atoms with Gasteiger partial charge in [-0.3, -0.25) is 9.48 Å². The summed E-state index contributed by atoms with van der Waals surface area (Å²) >= 11 is 0. The van der Waals surface area contributed by atoms with Crippen LogP contribution in [0.3, 0.4) is 0 Å². The van der Waals surface area contributed by atoms with Crippen molar-refractivity contribution in [3.63, 3.8) is 0 Å². The molecule has 0 bridgehead atoms. The summed E-state index contributed by atoms with van der Waals surface area (Å²) in [7, 11) is 1.36. The first kappa shape index (κ1) is 16.8. The molecular weight excluding hydrogens is 297 g/mol. The van der Waals surface area contributed by atoms with Crippen LogP contribution in [-0.2, 0) is 13.2 Å². The quantitative estimate of drug-likeness (QED) is 0.922. The van der Waals surface area contributed by atoms with Gasteiger partial charge in [-0.15, -0.1) is 0 Å². The van der Waals surface area contributed by atoms with E-state index < -0.39 is 23.3 Å². The van der Waals surface area contributed by atoms with Crippen molar-refractivity contribution in [3.05, 3.63) is 17.5 Å². The Kier molecular flexibility index (Phi) is 4.79. The summed E-state index contributed by atoms with van der Waals surface area (Å²) in [5, 5.41) is 5.95. The molecule has 1 saturated heterocycles. The second kappa shape index (κ2) is 6.28. The van der Waals surface area contributed by atoms with E-state index in [2.05, 4.69) is 29.2 Å². The van der Waals surface area contributed by atoms with Crippen LogP contribution in [-0.4, -0.2) is 46.3 Å². The molecule has 0 aromatic carbocycles. The standard InChI is InChI=1S/C14H21F3N4O/c1-9(2)21-5-4-10(7-21)6-18-13(22)11-8-20(3)19-12(11)14(15,16)17/h8-10H,4-7H2,1-3H3,(H,18,22)/t10-/m0/s1. The Morgan fingerprint density at radius 3 is 2.73 bits per heavy atom. The van der Waals surface area contributed by atoms with Crippen LogP contribution in [0.2, 0.25) is 0 Å². The topological polar surface area (TPSA) is 50.2 Å². The SMILES string of the molecule is CC(C)N1CC[C@@H](CNC(=O)c2cn(C)nc2C(F)(F)F)C1. The molecule has 5 nitrogen and oxygen atoms in total. The average Bonchev–Trinajstić information content (AvgIpc) is 3.01. The summed E-state index contributed by atoms with van der Waals surface area (Å²) < 4.78 is 39.5. The van der Waals surface area contributed by atoms with Crippen LogP contribution in [0.15, 0.2) is 6.20 Å². The third-order valence-electron chi connectivity index (χ3n) is 3.94. The van der Waals surface area contributed by atoms with Crippen LogP contribution < -0.4 is 5.32 Å². The summed E-state index contributed by atoms with van der Waals surface area (Å²) in [5.41, 5.74) is -1.56. The van der Waals surface area contributed by atoms with Crippen LogP contribution in [0.1, 0.15) is 36.3 Å². The van der Waals surface area contributed by atoms with Crippen LogP contribution in [0, 0.1) is 5.92 Å². The molecule has 0 saturated carbocycles. The van der Waals surface area contributed by atoms with Crippen LogP contribution in [0.25, 0.3) is 0 Å². The molecule has 1 aromatic heterocycles. The van der Waals surface area contributed by atoms with Crippen LogP contribution >= 0.6 is 0 Å². The van der Waals surface area contributed by atoms with Crippen molar-refractivity contribution >= 4 is 5.91 Å².